The molecule has 3 rings (SSSR count). The van der Waals surface area contributed by atoms with Gasteiger partial charge in [0.25, 0.3) is 0 Å². The van der Waals surface area contributed by atoms with Crippen LogP contribution in [0.3, 0.4) is 0 Å². The highest BCUT2D eigenvalue weighted by molar-refractivity contribution is 9.10. The van der Waals surface area contributed by atoms with Crippen LogP contribution < -0.4 is 0 Å². The first kappa shape index (κ1) is 11.0. The molecule has 2 aromatic rings. The molecule has 0 heterocycles. The van der Waals surface area contributed by atoms with Gasteiger partial charge in [0.15, 0.2) is 0 Å². The molecule has 0 unspecified atom stereocenters. The Bertz CT molecular complexity index is 584. The Labute approximate surface area is 109 Å². The molecule has 1 saturated carbocycles. The molecule has 2 heteroatoms. The van der Waals surface area contributed by atoms with Crippen molar-refractivity contribution in [1.29, 1.82) is 0 Å². The SMILES string of the molecule is O=CC1(c2cccc3cc(Br)ccc23)CCC1. The third-order valence-corrected chi connectivity index (χ3v) is 4.34. The Morgan fingerprint density at radius 1 is 1.18 bits per heavy atom. The zero-order chi connectivity index (χ0) is 11.9. The summed E-state index contributed by atoms with van der Waals surface area (Å²) in [6.07, 6.45) is 4.29. The molecular weight excluding hydrogens is 276 g/mol. The van der Waals surface area contributed by atoms with Gasteiger partial charge in [-0.05, 0) is 41.3 Å². The smallest absolute Gasteiger partial charge is 0.130 e. The molecule has 1 fully saturated rings. The molecule has 2 aromatic carbocycles. The Kier molecular flexibility index (Phi) is 2.55. The summed E-state index contributed by atoms with van der Waals surface area (Å²) in [7, 11) is 0. The first-order chi connectivity index (χ1) is 8.25. The quantitative estimate of drug-likeness (QED) is 0.756. The molecule has 0 aromatic heterocycles. The monoisotopic (exact) mass is 288 g/mol. The summed E-state index contributed by atoms with van der Waals surface area (Å²) in [5.74, 6) is 0. The van der Waals surface area contributed by atoms with Crippen LogP contribution in [-0.4, -0.2) is 6.29 Å². The van der Waals surface area contributed by atoms with Gasteiger partial charge in [-0.2, -0.15) is 0 Å². The lowest BCUT2D eigenvalue weighted by Crippen LogP contribution is -2.35. The molecule has 17 heavy (non-hydrogen) atoms. The number of halogens is 1. The second-order valence-electron chi connectivity index (χ2n) is 4.80. The van der Waals surface area contributed by atoms with Gasteiger partial charge in [0.1, 0.15) is 6.29 Å². The number of fused-ring (bicyclic) bond motifs is 1. The van der Waals surface area contributed by atoms with E-state index in [9.17, 15) is 4.79 Å². The number of carbonyl (C=O) groups is 1. The molecule has 0 atom stereocenters. The van der Waals surface area contributed by atoms with Gasteiger partial charge in [0.2, 0.25) is 0 Å². The van der Waals surface area contributed by atoms with Crippen molar-refractivity contribution in [3.63, 3.8) is 0 Å². The van der Waals surface area contributed by atoms with E-state index >= 15 is 0 Å². The van der Waals surface area contributed by atoms with E-state index in [1.165, 1.54) is 16.3 Å². The average molecular weight is 289 g/mol. The molecule has 1 aliphatic rings. The van der Waals surface area contributed by atoms with E-state index in [-0.39, 0.29) is 5.41 Å². The summed E-state index contributed by atoms with van der Waals surface area (Å²) >= 11 is 3.49. The van der Waals surface area contributed by atoms with Crippen LogP contribution in [0.15, 0.2) is 40.9 Å². The molecule has 86 valence electrons. The number of hydrogen-bond acceptors (Lipinski definition) is 1. The highest BCUT2D eigenvalue weighted by Crippen LogP contribution is 2.44. The maximum absolute atomic E-state index is 11.4. The summed E-state index contributed by atoms with van der Waals surface area (Å²) in [5.41, 5.74) is 0.983. The summed E-state index contributed by atoms with van der Waals surface area (Å²) in [6, 6.07) is 12.5. The third kappa shape index (κ3) is 1.62. The minimum Gasteiger partial charge on any atom is -0.302 e. The minimum atomic E-state index is -0.215. The molecule has 1 nitrogen and oxygen atoms in total. The number of benzene rings is 2. The Morgan fingerprint density at radius 2 is 2.00 bits per heavy atom. The second kappa shape index (κ2) is 3.95. The van der Waals surface area contributed by atoms with Gasteiger partial charge < -0.3 is 4.79 Å². The van der Waals surface area contributed by atoms with Gasteiger partial charge in [-0.1, -0.05) is 46.6 Å². The summed E-state index contributed by atoms with van der Waals surface area (Å²) < 4.78 is 1.08. The minimum absolute atomic E-state index is 0.215. The molecule has 0 aliphatic heterocycles. The number of carbonyl (C=O) groups excluding carboxylic acids is 1. The van der Waals surface area contributed by atoms with E-state index in [0.29, 0.717) is 0 Å². The fourth-order valence-corrected chi connectivity index (χ4v) is 3.08. The molecule has 0 spiro atoms. The van der Waals surface area contributed by atoms with Crippen LogP contribution in [0.25, 0.3) is 10.8 Å². The first-order valence-corrected chi connectivity index (χ1v) is 6.70. The van der Waals surface area contributed by atoms with E-state index in [1.54, 1.807) is 0 Å². The molecule has 0 radical (unpaired) electrons. The highest BCUT2D eigenvalue weighted by Gasteiger charge is 2.39. The Balaban J connectivity index is 2.26. The molecule has 1 aliphatic carbocycles. The number of hydrogen-bond donors (Lipinski definition) is 0. The molecule has 0 saturated heterocycles. The normalized spacial score (nSPS) is 17.7. The zero-order valence-electron chi connectivity index (χ0n) is 9.45. The van der Waals surface area contributed by atoms with Crippen LogP contribution in [0, 0.1) is 0 Å². The van der Waals surface area contributed by atoms with Crippen LogP contribution in [-0.2, 0) is 10.2 Å². The van der Waals surface area contributed by atoms with Crippen molar-refractivity contribution in [2.45, 2.75) is 24.7 Å². The number of aldehydes is 1. The lowest BCUT2D eigenvalue weighted by molar-refractivity contribution is -0.115. The van der Waals surface area contributed by atoms with Crippen LogP contribution in [0.2, 0.25) is 0 Å². The van der Waals surface area contributed by atoms with Crippen LogP contribution in [0.1, 0.15) is 24.8 Å². The van der Waals surface area contributed by atoms with E-state index in [2.05, 4.69) is 40.2 Å². The van der Waals surface area contributed by atoms with Crippen molar-refractivity contribution >= 4 is 33.0 Å². The van der Waals surface area contributed by atoms with Crippen molar-refractivity contribution in [3.8, 4) is 0 Å². The van der Waals surface area contributed by atoms with Gasteiger partial charge in [0.05, 0.1) is 5.41 Å². The molecular formula is C15H13BrO. The van der Waals surface area contributed by atoms with Crippen LogP contribution in [0.5, 0.6) is 0 Å². The van der Waals surface area contributed by atoms with Gasteiger partial charge in [-0.25, -0.2) is 0 Å². The van der Waals surface area contributed by atoms with Gasteiger partial charge in [0, 0.05) is 4.47 Å². The van der Waals surface area contributed by atoms with Crippen molar-refractivity contribution in [1.82, 2.24) is 0 Å². The van der Waals surface area contributed by atoms with Crippen molar-refractivity contribution < 1.29 is 4.79 Å². The predicted molar refractivity (Wildman–Crippen MR) is 73.2 cm³/mol. The van der Waals surface area contributed by atoms with Crippen molar-refractivity contribution in [2.24, 2.45) is 0 Å². The molecule has 0 amide bonds. The van der Waals surface area contributed by atoms with Gasteiger partial charge in [-0.15, -0.1) is 0 Å². The average Bonchev–Trinajstić information content (AvgIpc) is 2.28. The Morgan fingerprint density at radius 3 is 2.65 bits per heavy atom. The summed E-state index contributed by atoms with van der Waals surface area (Å²) in [6.45, 7) is 0. The largest absolute Gasteiger partial charge is 0.302 e. The fraction of sp³-hybridized carbons (Fsp3) is 0.267. The highest BCUT2D eigenvalue weighted by atomic mass is 79.9. The second-order valence-corrected chi connectivity index (χ2v) is 5.71. The van der Waals surface area contributed by atoms with E-state index < -0.39 is 0 Å². The zero-order valence-corrected chi connectivity index (χ0v) is 11.0. The lowest BCUT2D eigenvalue weighted by Gasteiger charge is -2.38. The fourth-order valence-electron chi connectivity index (χ4n) is 2.70. The van der Waals surface area contributed by atoms with E-state index in [4.69, 9.17) is 0 Å². The summed E-state index contributed by atoms with van der Waals surface area (Å²) in [5, 5.41) is 2.41. The van der Waals surface area contributed by atoms with E-state index in [0.717, 1.165) is 30.0 Å². The predicted octanol–water partition coefficient (Wildman–Crippen LogP) is 4.22. The number of rotatable bonds is 2. The van der Waals surface area contributed by atoms with Crippen LogP contribution in [0.4, 0.5) is 0 Å². The standard InChI is InChI=1S/C15H13BrO/c16-12-5-6-13-11(9-12)3-1-4-14(13)15(10-17)7-2-8-15/h1,3-6,9-10H,2,7-8H2. The maximum Gasteiger partial charge on any atom is 0.130 e. The van der Waals surface area contributed by atoms with Gasteiger partial charge >= 0.3 is 0 Å². The van der Waals surface area contributed by atoms with Gasteiger partial charge in [-0.3, -0.25) is 0 Å². The first-order valence-electron chi connectivity index (χ1n) is 5.90. The summed E-state index contributed by atoms with van der Waals surface area (Å²) in [4.78, 5) is 11.4. The third-order valence-electron chi connectivity index (χ3n) is 3.85. The lowest BCUT2D eigenvalue weighted by atomic mass is 9.64. The van der Waals surface area contributed by atoms with Crippen LogP contribution >= 0.6 is 15.9 Å². The van der Waals surface area contributed by atoms with Crippen molar-refractivity contribution in [3.05, 3.63) is 46.4 Å². The molecule has 0 bridgehead atoms. The topological polar surface area (TPSA) is 17.1 Å². The van der Waals surface area contributed by atoms with E-state index in [1.807, 2.05) is 12.1 Å². The Hall–Kier alpha value is -1.15. The van der Waals surface area contributed by atoms with Crippen molar-refractivity contribution in [2.75, 3.05) is 0 Å². The molecule has 0 N–H and O–H groups in total. The maximum atomic E-state index is 11.4.